The molecule has 21 heavy (non-hydrogen) atoms. The molecule has 0 heterocycles. The molecule has 1 aromatic carbocycles. The standard InChI is InChI=1S/C16H22O5/c1-4-9-21-16(18)11-13(17)12-7-8-14(19-5-2)15(10-12)20-6-3/h7-8,10H,4-6,9,11H2,1-3H3. The molecule has 1 aromatic rings. The van der Waals surface area contributed by atoms with Crippen LogP contribution in [0.25, 0.3) is 0 Å². The molecule has 0 aliphatic carbocycles. The molecule has 1 rings (SSSR count). The molecule has 0 aliphatic rings. The molecule has 0 saturated heterocycles. The van der Waals surface area contributed by atoms with Gasteiger partial charge in [0, 0.05) is 5.56 Å². The minimum Gasteiger partial charge on any atom is -0.490 e. The van der Waals surface area contributed by atoms with Gasteiger partial charge in [-0.1, -0.05) is 6.92 Å². The lowest BCUT2D eigenvalue weighted by molar-refractivity contribution is -0.142. The van der Waals surface area contributed by atoms with Crippen LogP contribution in [-0.2, 0) is 9.53 Å². The quantitative estimate of drug-likeness (QED) is 0.398. The zero-order valence-corrected chi connectivity index (χ0v) is 12.8. The maximum Gasteiger partial charge on any atom is 0.313 e. The molecule has 0 aromatic heterocycles. The number of ketones is 1. The Kier molecular flexibility index (Phi) is 7.29. The molecule has 116 valence electrons. The van der Waals surface area contributed by atoms with Crippen LogP contribution in [-0.4, -0.2) is 31.6 Å². The average Bonchev–Trinajstić information content (AvgIpc) is 2.47. The topological polar surface area (TPSA) is 61.8 Å². The van der Waals surface area contributed by atoms with Gasteiger partial charge in [0.2, 0.25) is 0 Å². The van der Waals surface area contributed by atoms with Crippen LogP contribution in [0.3, 0.4) is 0 Å². The largest absolute Gasteiger partial charge is 0.490 e. The fraction of sp³-hybridized carbons (Fsp3) is 0.500. The summed E-state index contributed by atoms with van der Waals surface area (Å²) < 4.78 is 15.8. The normalized spacial score (nSPS) is 10.0. The van der Waals surface area contributed by atoms with E-state index in [4.69, 9.17) is 14.2 Å². The summed E-state index contributed by atoms with van der Waals surface area (Å²) in [5, 5.41) is 0. The molecular formula is C16H22O5. The van der Waals surface area contributed by atoms with E-state index < -0.39 is 5.97 Å². The number of Topliss-reactive ketones (excluding diaryl/α,β-unsaturated/α-hetero) is 1. The van der Waals surface area contributed by atoms with E-state index in [0.717, 1.165) is 6.42 Å². The van der Waals surface area contributed by atoms with Gasteiger partial charge in [0.25, 0.3) is 0 Å². The predicted octanol–water partition coefficient (Wildman–Crippen LogP) is 3.01. The number of benzene rings is 1. The van der Waals surface area contributed by atoms with Gasteiger partial charge < -0.3 is 14.2 Å². The van der Waals surface area contributed by atoms with Gasteiger partial charge in [0.15, 0.2) is 17.3 Å². The Balaban J connectivity index is 2.80. The smallest absolute Gasteiger partial charge is 0.313 e. The van der Waals surface area contributed by atoms with E-state index in [9.17, 15) is 9.59 Å². The van der Waals surface area contributed by atoms with Crippen LogP contribution in [0.2, 0.25) is 0 Å². The molecule has 0 N–H and O–H groups in total. The van der Waals surface area contributed by atoms with Crippen LogP contribution in [0.5, 0.6) is 11.5 Å². The summed E-state index contributed by atoms with van der Waals surface area (Å²) in [5.41, 5.74) is 0.412. The summed E-state index contributed by atoms with van der Waals surface area (Å²) in [6.45, 7) is 6.94. The number of ether oxygens (including phenoxy) is 3. The van der Waals surface area contributed by atoms with Crippen molar-refractivity contribution in [3.63, 3.8) is 0 Å². The van der Waals surface area contributed by atoms with Gasteiger partial charge in [0.1, 0.15) is 6.42 Å². The Bertz CT molecular complexity index is 482. The van der Waals surface area contributed by atoms with E-state index in [2.05, 4.69) is 0 Å². The second kappa shape index (κ2) is 9.00. The van der Waals surface area contributed by atoms with Gasteiger partial charge >= 0.3 is 5.97 Å². The van der Waals surface area contributed by atoms with Crippen molar-refractivity contribution in [2.24, 2.45) is 0 Å². The van der Waals surface area contributed by atoms with Crippen molar-refractivity contribution < 1.29 is 23.8 Å². The Hall–Kier alpha value is -2.04. The molecule has 0 unspecified atom stereocenters. The van der Waals surface area contributed by atoms with Crippen molar-refractivity contribution in [2.45, 2.75) is 33.6 Å². The second-order valence-corrected chi connectivity index (χ2v) is 4.35. The molecular weight excluding hydrogens is 272 g/mol. The number of hydrogen-bond donors (Lipinski definition) is 0. The van der Waals surface area contributed by atoms with Gasteiger partial charge in [0.05, 0.1) is 19.8 Å². The van der Waals surface area contributed by atoms with Gasteiger partial charge in [-0.05, 0) is 38.5 Å². The molecule has 0 atom stereocenters. The fourth-order valence-corrected chi connectivity index (χ4v) is 1.72. The molecule has 5 nitrogen and oxygen atoms in total. The van der Waals surface area contributed by atoms with Crippen molar-refractivity contribution in [3.05, 3.63) is 23.8 Å². The molecule has 0 saturated carbocycles. The summed E-state index contributed by atoms with van der Waals surface area (Å²) in [4.78, 5) is 23.5. The van der Waals surface area contributed by atoms with E-state index in [1.54, 1.807) is 18.2 Å². The first kappa shape index (κ1) is 17.0. The van der Waals surface area contributed by atoms with Crippen molar-refractivity contribution in [3.8, 4) is 11.5 Å². The average molecular weight is 294 g/mol. The summed E-state index contributed by atoms with van der Waals surface area (Å²) in [5.74, 6) is 0.297. The first-order valence-corrected chi connectivity index (χ1v) is 7.20. The summed E-state index contributed by atoms with van der Waals surface area (Å²) in [7, 11) is 0. The lowest BCUT2D eigenvalue weighted by Gasteiger charge is -2.12. The van der Waals surface area contributed by atoms with Crippen molar-refractivity contribution in [1.29, 1.82) is 0 Å². The van der Waals surface area contributed by atoms with Crippen molar-refractivity contribution in [2.75, 3.05) is 19.8 Å². The molecule has 0 bridgehead atoms. The molecule has 5 heteroatoms. The third-order valence-electron chi connectivity index (χ3n) is 2.64. The monoisotopic (exact) mass is 294 g/mol. The van der Waals surface area contributed by atoms with E-state index in [1.807, 2.05) is 20.8 Å². The highest BCUT2D eigenvalue weighted by Gasteiger charge is 2.15. The van der Waals surface area contributed by atoms with E-state index >= 15 is 0 Å². The lowest BCUT2D eigenvalue weighted by Crippen LogP contribution is -2.12. The molecule has 0 amide bonds. The number of esters is 1. The van der Waals surface area contributed by atoms with Crippen molar-refractivity contribution >= 4 is 11.8 Å². The summed E-state index contributed by atoms with van der Waals surface area (Å²) in [6, 6.07) is 4.91. The van der Waals surface area contributed by atoms with Gasteiger partial charge in [-0.2, -0.15) is 0 Å². The van der Waals surface area contributed by atoms with E-state index in [1.165, 1.54) is 0 Å². The Morgan fingerprint density at radius 3 is 2.29 bits per heavy atom. The second-order valence-electron chi connectivity index (χ2n) is 4.35. The number of rotatable bonds is 9. The first-order valence-electron chi connectivity index (χ1n) is 7.20. The lowest BCUT2D eigenvalue weighted by atomic mass is 10.1. The van der Waals surface area contributed by atoms with Crippen molar-refractivity contribution in [1.82, 2.24) is 0 Å². The highest BCUT2D eigenvalue weighted by atomic mass is 16.5. The molecule has 0 radical (unpaired) electrons. The highest BCUT2D eigenvalue weighted by molar-refractivity contribution is 6.06. The van der Waals surface area contributed by atoms with Gasteiger partial charge in [-0.3, -0.25) is 9.59 Å². The molecule has 0 aliphatic heterocycles. The van der Waals surface area contributed by atoms with E-state index in [-0.39, 0.29) is 12.2 Å². The minimum atomic E-state index is -0.506. The minimum absolute atomic E-state index is 0.264. The number of hydrogen-bond acceptors (Lipinski definition) is 5. The van der Waals surface area contributed by atoms with Gasteiger partial charge in [-0.25, -0.2) is 0 Å². The predicted molar refractivity (Wildman–Crippen MR) is 79.0 cm³/mol. The fourth-order valence-electron chi connectivity index (χ4n) is 1.72. The van der Waals surface area contributed by atoms with Crippen LogP contribution >= 0.6 is 0 Å². The SMILES string of the molecule is CCCOC(=O)CC(=O)c1ccc(OCC)c(OCC)c1. The van der Waals surface area contributed by atoms with Crippen LogP contribution in [0.15, 0.2) is 18.2 Å². The van der Waals surface area contributed by atoms with Crippen LogP contribution in [0.1, 0.15) is 44.0 Å². The maximum absolute atomic E-state index is 12.0. The summed E-state index contributed by atoms with van der Waals surface area (Å²) >= 11 is 0. The molecule has 0 fully saturated rings. The third-order valence-corrected chi connectivity index (χ3v) is 2.64. The van der Waals surface area contributed by atoms with E-state index in [0.29, 0.717) is 36.9 Å². The maximum atomic E-state index is 12.0. The Labute approximate surface area is 125 Å². The highest BCUT2D eigenvalue weighted by Crippen LogP contribution is 2.29. The Morgan fingerprint density at radius 2 is 1.67 bits per heavy atom. The van der Waals surface area contributed by atoms with Crippen LogP contribution < -0.4 is 9.47 Å². The molecule has 0 spiro atoms. The third kappa shape index (κ3) is 5.45. The van der Waals surface area contributed by atoms with Gasteiger partial charge in [-0.15, -0.1) is 0 Å². The number of carbonyl (C=O) groups excluding carboxylic acids is 2. The zero-order chi connectivity index (χ0) is 15.7. The number of carbonyl (C=O) groups is 2. The summed E-state index contributed by atoms with van der Waals surface area (Å²) in [6.07, 6.45) is 0.469. The first-order chi connectivity index (χ1) is 10.1. The van der Waals surface area contributed by atoms with Crippen LogP contribution in [0.4, 0.5) is 0 Å². The van der Waals surface area contributed by atoms with Crippen LogP contribution in [0, 0.1) is 0 Å². The zero-order valence-electron chi connectivity index (χ0n) is 12.8. The Morgan fingerprint density at radius 1 is 1.00 bits per heavy atom.